The van der Waals surface area contributed by atoms with E-state index in [1.807, 2.05) is 22.9 Å². The van der Waals surface area contributed by atoms with Gasteiger partial charge in [0.25, 0.3) is 0 Å². The van der Waals surface area contributed by atoms with Crippen molar-refractivity contribution in [2.45, 2.75) is 52.0 Å². The molecule has 30 heavy (non-hydrogen) atoms. The zero-order chi connectivity index (χ0) is 20.6. The summed E-state index contributed by atoms with van der Waals surface area (Å²) in [6.45, 7) is 3.04. The standard InChI is InChI=1S/C23H25IN4O2/c1-13-18(17-2-3-27-19(24)11-25-21(27)20(17)22(29)30)10-26-28(13)12-23-7-14-4-15(8-23)6-16(5-14)9-23/h2-3,10-11,14-16H,4-9,12H2,1H3,(H,29,30). The molecular weight excluding hydrogens is 491 g/mol. The predicted molar refractivity (Wildman–Crippen MR) is 121 cm³/mol. The number of nitrogens with zero attached hydrogens (tertiary/aromatic N) is 4. The van der Waals surface area contributed by atoms with Crippen LogP contribution in [0, 0.1) is 33.8 Å². The first-order valence-electron chi connectivity index (χ1n) is 10.8. The molecule has 3 aromatic rings. The smallest absolute Gasteiger partial charge is 0.340 e. The van der Waals surface area contributed by atoms with Crippen LogP contribution in [-0.2, 0) is 6.54 Å². The molecule has 4 fully saturated rings. The Morgan fingerprint density at radius 3 is 2.47 bits per heavy atom. The molecule has 0 spiro atoms. The van der Waals surface area contributed by atoms with Crippen LogP contribution in [-0.4, -0.2) is 30.2 Å². The number of aromatic nitrogens is 4. The zero-order valence-electron chi connectivity index (χ0n) is 17.0. The summed E-state index contributed by atoms with van der Waals surface area (Å²) in [5, 5.41) is 14.7. The second kappa shape index (κ2) is 6.55. The van der Waals surface area contributed by atoms with Crippen molar-refractivity contribution in [2.24, 2.45) is 23.2 Å². The maximum atomic E-state index is 12.2. The van der Waals surface area contributed by atoms with Crippen molar-refractivity contribution in [3.63, 3.8) is 0 Å². The van der Waals surface area contributed by atoms with Gasteiger partial charge in [0.15, 0.2) is 5.65 Å². The van der Waals surface area contributed by atoms with Crippen molar-refractivity contribution in [2.75, 3.05) is 0 Å². The van der Waals surface area contributed by atoms with Crippen LogP contribution in [0.3, 0.4) is 0 Å². The van der Waals surface area contributed by atoms with Crippen molar-refractivity contribution in [1.82, 2.24) is 19.2 Å². The molecule has 6 nitrogen and oxygen atoms in total. The van der Waals surface area contributed by atoms with Crippen molar-refractivity contribution in [3.05, 3.63) is 39.6 Å². The molecule has 156 valence electrons. The molecule has 4 aliphatic rings. The van der Waals surface area contributed by atoms with Gasteiger partial charge in [-0.05, 0) is 97.3 Å². The summed E-state index contributed by atoms with van der Waals surface area (Å²) >= 11 is 2.17. The van der Waals surface area contributed by atoms with Crippen molar-refractivity contribution < 1.29 is 9.90 Å². The van der Waals surface area contributed by atoms with E-state index in [1.54, 1.807) is 6.20 Å². The molecule has 7 rings (SSSR count). The Hall–Kier alpha value is -1.90. The Balaban J connectivity index is 1.39. The molecule has 0 aliphatic heterocycles. The fourth-order valence-electron chi connectivity index (χ4n) is 7.13. The number of pyridine rings is 1. The molecule has 0 radical (unpaired) electrons. The Morgan fingerprint density at radius 1 is 1.17 bits per heavy atom. The number of halogens is 1. The molecule has 0 saturated heterocycles. The lowest BCUT2D eigenvalue weighted by Gasteiger charge is -2.56. The fourth-order valence-corrected chi connectivity index (χ4v) is 7.66. The van der Waals surface area contributed by atoms with Crippen LogP contribution in [0.5, 0.6) is 0 Å². The molecule has 4 aliphatic carbocycles. The van der Waals surface area contributed by atoms with Gasteiger partial charge in [-0.1, -0.05) is 0 Å². The predicted octanol–water partition coefficient (Wildman–Crippen LogP) is 5.03. The summed E-state index contributed by atoms with van der Waals surface area (Å²) in [4.78, 5) is 16.5. The van der Waals surface area contributed by atoms with E-state index in [4.69, 9.17) is 5.10 Å². The van der Waals surface area contributed by atoms with Gasteiger partial charge in [0, 0.05) is 29.6 Å². The molecule has 7 heteroatoms. The number of carbonyl (C=O) groups is 1. The minimum Gasteiger partial charge on any atom is -0.478 e. The van der Waals surface area contributed by atoms with E-state index in [2.05, 4.69) is 39.2 Å². The van der Waals surface area contributed by atoms with Crippen LogP contribution in [0.1, 0.15) is 54.6 Å². The first-order valence-corrected chi connectivity index (χ1v) is 11.9. The molecule has 0 aromatic carbocycles. The highest BCUT2D eigenvalue weighted by Crippen LogP contribution is 2.60. The van der Waals surface area contributed by atoms with Crippen molar-refractivity contribution in [3.8, 4) is 11.1 Å². The number of imidazole rings is 1. The summed E-state index contributed by atoms with van der Waals surface area (Å²) in [7, 11) is 0. The van der Waals surface area contributed by atoms with Crippen LogP contribution in [0.15, 0.2) is 24.7 Å². The van der Waals surface area contributed by atoms with Crippen LogP contribution in [0.4, 0.5) is 0 Å². The summed E-state index contributed by atoms with van der Waals surface area (Å²) in [5.41, 5.74) is 3.78. The second-order valence-corrected chi connectivity index (χ2v) is 11.0. The third-order valence-electron chi connectivity index (χ3n) is 7.89. The normalized spacial score (nSPS) is 29.7. The first kappa shape index (κ1) is 18.8. The average molecular weight is 516 g/mol. The van der Waals surface area contributed by atoms with E-state index >= 15 is 0 Å². The SMILES string of the molecule is Cc1c(-c2ccn3c(I)cnc3c2C(=O)O)cnn1CC12CC3CC(CC(C3)C1)C2. The van der Waals surface area contributed by atoms with E-state index in [9.17, 15) is 9.90 Å². The topological polar surface area (TPSA) is 72.4 Å². The third-order valence-corrected chi connectivity index (χ3v) is 8.69. The minimum atomic E-state index is -0.953. The number of aromatic carboxylic acids is 1. The molecule has 1 N–H and O–H groups in total. The van der Waals surface area contributed by atoms with Gasteiger partial charge in [-0.15, -0.1) is 0 Å². The fraction of sp³-hybridized carbons (Fsp3) is 0.522. The van der Waals surface area contributed by atoms with E-state index in [1.165, 1.54) is 38.5 Å². The Kier molecular flexibility index (Phi) is 4.11. The van der Waals surface area contributed by atoms with Crippen molar-refractivity contribution in [1.29, 1.82) is 0 Å². The molecule has 0 unspecified atom stereocenters. The highest BCUT2D eigenvalue weighted by molar-refractivity contribution is 14.1. The summed E-state index contributed by atoms with van der Waals surface area (Å²) in [6, 6.07) is 1.89. The van der Waals surface area contributed by atoms with Gasteiger partial charge >= 0.3 is 5.97 Å². The highest BCUT2D eigenvalue weighted by Gasteiger charge is 2.51. The number of fused-ring (bicyclic) bond motifs is 1. The van der Waals surface area contributed by atoms with Gasteiger partial charge in [-0.3, -0.25) is 9.08 Å². The number of rotatable bonds is 4. The van der Waals surface area contributed by atoms with Crippen LogP contribution < -0.4 is 0 Å². The second-order valence-electron chi connectivity index (χ2n) is 9.90. The lowest BCUT2D eigenvalue weighted by molar-refractivity contribution is -0.0638. The Labute approximate surface area is 188 Å². The minimum absolute atomic E-state index is 0.248. The van der Waals surface area contributed by atoms with E-state index in [-0.39, 0.29) is 5.56 Å². The van der Waals surface area contributed by atoms with Gasteiger partial charge in [0.2, 0.25) is 0 Å². The molecular formula is C23H25IN4O2. The molecule has 0 amide bonds. The number of hydrogen-bond donors (Lipinski definition) is 1. The van der Waals surface area contributed by atoms with Crippen LogP contribution in [0.25, 0.3) is 16.8 Å². The quantitative estimate of drug-likeness (QED) is 0.494. The van der Waals surface area contributed by atoms with Gasteiger partial charge in [-0.2, -0.15) is 5.10 Å². The molecule has 4 bridgehead atoms. The molecule has 3 aromatic heterocycles. The van der Waals surface area contributed by atoms with E-state index < -0.39 is 5.97 Å². The van der Waals surface area contributed by atoms with Gasteiger partial charge < -0.3 is 5.11 Å². The maximum Gasteiger partial charge on any atom is 0.340 e. The lowest BCUT2D eigenvalue weighted by atomic mass is 9.49. The maximum absolute atomic E-state index is 12.2. The van der Waals surface area contributed by atoms with E-state index in [0.29, 0.717) is 16.6 Å². The Bertz CT molecular complexity index is 1140. The highest BCUT2D eigenvalue weighted by atomic mass is 127. The summed E-state index contributed by atoms with van der Waals surface area (Å²) in [6.07, 6.45) is 13.8. The van der Waals surface area contributed by atoms with E-state index in [0.717, 1.165) is 39.3 Å². The lowest BCUT2D eigenvalue weighted by Crippen LogP contribution is -2.48. The Morgan fingerprint density at radius 2 is 1.83 bits per heavy atom. The number of carboxylic acid groups (broad SMARTS) is 1. The largest absolute Gasteiger partial charge is 0.478 e. The monoisotopic (exact) mass is 516 g/mol. The van der Waals surface area contributed by atoms with Crippen molar-refractivity contribution >= 4 is 34.2 Å². The van der Waals surface area contributed by atoms with Gasteiger partial charge in [0.05, 0.1) is 12.4 Å². The molecule has 4 saturated carbocycles. The van der Waals surface area contributed by atoms with Gasteiger partial charge in [0.1, 0.15) is 9.26 Å². The third kappa shape index (κ3) is 2.77. The van der Waals surface area contributed by atoms with Gasteiger partial charge in [-0.25, -0.2) is 9.78 Å². The molecule has 0 atom stereocenters. The number of hydrogen-bond acceptors (Lipinski definition) is 3. The van der Waals surface area contributed by atoms with Crippen LogP contribution in [0.2, 0.25) is 0 Å². The zero-order valence-corrected chi connectivity index (χ0v) is 19.2. The first-order chi connectivity index (χ1) is 14.4. The summed E-state index contributed by atoms with van der Waals surface area (Å²) < 4.78 is 4.86. The van der Waals surface area contributed by atoms with Crippen LogP contribution >= 0.6 is 22.6 Å². The average Bonchev–Trinajstić information content (AvgIpc) is 3.22. The summed E-state index contributed by atoms with van der Waals surface area (Å²) in [5.74, 6) is 1.78. The molecule has 3 heterocycles. The number of carboxylic acids is 1.